The van der Waals surface area contributed by atoms with Crippen LogP contribution in [-0.4, -0.2) is 44.6 Å². The summed E-state index contributed by atoms with van der Waals surface area (Å²) in [4.78, 5) is 31.1. The zero-order chi connectivity index (χ0) is 20.0. The van der Waals surface area contributed by atoms with Gasteiger partial charge in [-0.1, -0.05) is 23.9 Å². The van der Waals surface area contributed by atoms with Gasteiger partial charge in [0.15, 0.2) is 5.16 Å². The summed E-state index contributed by atoms with van der Waals surface area (Å²) in [6, 6.07) is 7.29. The van der Waals surface area contributed by atoms with E-state index >= 15 is 0 Å². The van der Waals surface area contributed by atoms with Gasteiger partial charge in [-0.3, -0.25) is 9.69 Å². The SMILES string of the molecule is COc1ccc(COC(=O)C2=CS[C@@H]3/C(=C\c4cn5c(n4)SCC5)C(=O)N23)cc1. The largest absolute Gasteiger partial charge is 0.497 e. The van der Waals surface area contributed by atoms with E-state index in [0.717, 1.165) is 34.5 Å². The first-order chi connectivity index (χ1) is 14.1. The minimum atomic E-state index is -0.499. The van der Waals surface area contributed by atoms with Crippen LogP contribution in [0, 0.1) is 0 Å². The molecule has 0 saturated carbocycles. The molecular weight excluding hydrogens is 410 g/mol. The molecule has 0 N–H and O–H groups in total. The molecule has 1 saturated heterocycles. The highest BCUT2D eigenvalue weighted by Gasteiger charge is 2.50. The van der Waals surface area contributed by atoms with Crippen molar-refractivity contribution in [2.75, 3.05) is 12.9 Å². The van der Waals surface area contributed by atoms with Crippen LogP contribution in [0.15, 0.2) is 52.3 Å². The van der Waals surface area contributed by atoms with Crippen molar-refractivity contribution in [2.45, 2.75) is 23.7 Å². The number of methoxy groups -OCH3 is 1. The minimum absolute atomic E-state index is 0.137. The van der Waals surface area contributed by atoms with E-state index in [0.29, 0.717) is 11.3 Å². The predicted molar refractivity (Wildman–Crippen MR) is 110 cm³/mol. The van der Waals surface area contributed by atoms with Gasteiger partial charge in [0.2, 0.25) is 0 Å². The van der Waals surface area contributed by atoms with Crippen molar-refractivity contribution in [3.63, 3.8) is 0 Å². The molecule has 2 aromatic rings. The Labute approximate surface area is 175 Å². The summed E-state index contributed by atoms with van der Waals surface area (Å²) in [5.41, 5.74) is 2.58. The number of fused-ring (bicyclic) bond motifs is 2. The highest BCUT2D eigenvalue weighted by atomic mass is 32.2. The Morgan fingerprint density at radius 1 is 1.34 bits per heavy atom. The predicted octanol–water partition coefficient (Wildman–Crippen LogP) is 2.88. The Morgan fingerprint density at radius 2 is 2.17 bits per heavy atom. The van der Waals surface area contributed by atoms with Crippen LogP contribution in [0.2, 0.25) is 0 Å². The molecule has 7 nitrogen and oxygen atoms in total. The lowest BCUT2D eigenvalue weighted by atomic mass is 10.0. The number of amides is 1. The third-order valence-corrected chi connectivity index (χ3v) is 6.95. The smallest absolute Gasteiger partial charge is 0.355 e. The molecule has 29 heavy (non-hydrogen) atoms. The molecule has 0 aliphatic carbocycles. The molecule has 9 heteroatoms. The van der Waals surface area contributed by atoms with E-state index in [1.807, 2.05) is 36.5 Å². The third kappa shape index (κ3) is 3.24. The second kappa shape index (κ2) is 7.31. The highest BCUT2D eigenvalue weighted by molar-refractivity contribution is 8.03. The van der Waals surface area contributed by atoms with Gasteiger partial charge in [0.25, 0.3) is 5.91 Å². The number of hydrogen-bond donors (Lipinski definition) is 0. The molecule has 4 heterocycles. The summed E-state index contributed by atoms with van der Waals surface area (Å²) in [6.07, 6.45) is 3.79. The lowest BCUT2D eigenvalue weighted by Gasteiger charge is -2.37. The summed E-state index contributed by atoms with van der Waals surface area (Å²) in [6.45, 7) is 1.08. The Morgan fingerprint density at radius 3 is 2.93 bits per heavy atom. The van der Waals surface area contributed by atoms with Gasteiger partial charge in [-0.2, -0.15) is 0 Å². The number of thioether (sulfide) groups is 2. The number of hydrogen-bond acceptors (Lipinski definition) is 7. The first-order valence-electron chi connectivity index (χ1n) is 9.05. The standard InChI is InChI=1S/C20H17N3O4S2/c1-26-14-4-2-12(3-5-14)10-27-19(25)16-11-29-18-15(17(24)23(16)18)8-13-9-22-6-7-28-20(22)21-13/h2-5,8-9,11,18H,6-7,10H2,1H3/b15-8-/t18-/m1/s1. The van der Waals surface area contributed by atoms with Gasteiger partial charge < -0.3 is 14.0 Å². The second-order valence-corrected chi connectivity index (χ2v) is 8.70. The maximum Gasteiger partial charge on any atom is 0.355 e. The van der Waals surface area contributed by atoms with Gasteiger partial charge >= 0.3 is 5.97 Å². The highest BCUT2D eigenvalue weighted by Crippen LogP contribution is 2.45. The van der Waals surface area contributed by atoms with Crippen LogP contribution in [0.1, 0.15) is 11.3 Å². The van der Waals surface area contributed by atoms with E-state index in [1.165, 1.54) is 16.7 Å². The minimum Gasteiger partial charge on any atom is -0.497 e. The summed E-state index contributed by atoms with van der Waals surface area (Å²) in [5, 5.41) is 2.50. The van der Waals surface area contributed by atoms with Crippen LogP contribution >= 0.6 is 23.5 Å². The average molecular weight is 428 g/mol. The Kier molecular flexibility index (Phi) is 4.63. The molecule has 3 aliphatic rings. The summed E-state index contributed by atoms with van der Waals surface area (Å²) >= 11 is 3.15. The number of rotatable bonds is 5. The molecule has 3 aliphatic heterocycles. The van der Waals surface area contributed by atoms with E-state index in [2.05, 4.69) is 9.55 Å². The van der Waals surface area contributed by atoms with Gasteiger partial charge in [-0.15, -0.1) is 11.8 Å². The number of imidazole rings is 1. The van der Waals surface area contributed by atoms with E-state index < -0.39 is 5.97 Å². The first-order valence-corrected chi connectivity index (χ1v) is 11.0. The Hall–Kier alpha value is -2.65. The zero-order valence-electron chi connectivity index (χ0n) is 15.5. The van der Waals surface area contributed by atoms with Gasteiger partial charge in [0, 0.05) is 23.9 Å². The monoisotopic (exact) mass is 427 g/mol. The normalized spacial score (nSPS) is 20.9. The van der Waals surface area contributed by atoms with Crippen LogP contribution in [-0.2, 0) is 27.5 Å². The molecule has 0 spiro atoms. The maximum absolute atomic E-state index is 12.6. The molecule has 1 atom stereocenters. The summed E-state index contributed by atoms with van der Waals surface area (Å²) in [7, 11) is 1.60. The summed E-state index contributed by atoms with van der Waals surface area (Å²) in [5.74, 6) is 1.11. The molecule has 1 aromatic heterocycles. The van der Waals surface area contributed by atoms with Crippen molar-refractivity contribution < 1.29 is 19.1 Å². The van der Waals surface area contributed by atoms with Crippen molar-refractivity contribution in [3.8, 4) is 5.75 Å². The van der Waals surface area contributed by atoms with Crippen molar-refractivity contribution in [2.24, 2.45) is 0 Å². The molecule has 1 fully saturated rings. The zero-order valence-corrected chi connectivity index (χ0v) is 17.2. The van der Waals surface area contributed by atoms with Crippen molar-refractivity contribution in [1.29, 1.82) is 0 Å². The number of carbonyl (C=O) groups is 2. The van der Waals surface area contributed by atoms with E-state index in [9.17, 15) is 9.59 Å². The van der Waals surface area contributed by atoms with E-state index in [-0.39, 0.29) is 17.9 Å². The molecule has 0 radical (unpaired) electrons. The van der Waals surface area contributed by atoms with Crippen molar-refractivity contribution >= 4 is 41.5 Å². The maximum atomic E-state index is 12.6. The first kappa shape index (κ1) is 18.4. The van der Waals surface area contributed by atoms with Gasteiger partial charge in [0.05, 0.1) is 18.4 Å². The second-order valence-electron chi connectivity index (χ2n) is 6.68. The fraction of sp³-hybridized carbons (Fsp3) is 0.250. The fourth-order valence-corrected chi connectivity index (χ4v) is 5.43. The number of esters is 1. The number of benzene rings is 1. The molecule has 1 amide bonds. The molecule has 5 rings (SSSR count). The third-order valence-electron chi connectivity index (χ3n) is 4.90. The number of ether oxygens (including phenoxy) is 2. The molecule has 148 valence electrons. The van der Waals surface area contributed by atoms with Crippen LogP contribution in [0.25, 0.3) is 6.08 Å². The van der Waals surface area contributed by atoms with Crippen LogP contribution in [0.4, 0.5) is 0 Å². The Balaban J connectivity index is 1.23. The summed E-state index contributed by atoms with van der Waals surface area (Å²) < 4.78 is 12.6. The fourth-order valence-electron chi connectivity index (χ4n) is 3.36. The van der Waals surface area contributed by atoms with Crippen molar-refractivity contribution in [3.05, 3.63) is 58.4 Å². The quantitative estimate of drug-likeness (QED) is 0.413. The number of carbonyl (C=O) groups excluding carboxylic acids is 2. The van der Waals surface area contributed by atoms with Crippen LogP contribution in [0.5, 0.6) is 5.75 Å². The lowest BCUT2D eigenvalue weighted by molar-refractivity contribution is -0.146. The number of aromatic nitrogens is 2. The van der Waals surface area contributed by atoms with Gasteiger partial charge in [-0.25, -0.2) is 9.78 Å². The number of nitrogens with zero attached hydrogens (tertiary/aromatic N) is 3. The van der Waals surface area contributed by atoms with Gasteiger partial charge in [0.1, 0.15) is 23.4 Å². The van der Waals surface area contributed by atoms with Crippen molar-refractivity contribution in [1.82, 2.24) is 14.5 Å². The topological polar surface area (TPSA) is 73.7 Å². The van der Waals surface area contributed by atoms with Gasteiger partial charge in [-0.05, 0) is 23.8 Å². The molecular formula is C20H17N3O4S2. The Bertz CT molecular complexity index is 1040. The van der Waals surface area contributed by atoms with Crippen LogP contribution < -0.4 is 4.74 Å². The van der Waals surface area contributed by atoms with E-state index in [4.69, 9.17) is 9.47 Å². The molecule has 1 aromatic carbocycles. The number of aryl methyl sites for hydroxylation is 1. The molecule has 0 unspecified atom stereocenters. The van der Waals surface area contributed by atoms with E-state index in [1.54, 1.807) is 24.3 Å². The lowest BCUT2D eigenvalue weighted by Crippen LogP contribution is -2.51. The van der Waals surface area contributed by atoms with Crippen LogP contribution in [0.3, 0.4) is 0 Å². The average Bonchev–Trinajstić information content (AvgIpc) is 3.43. The number of β-lactam (4-membered cyclic amide) rings is 1. The molecule has 0 bridgehead atoms.